The van der Waals surface area contributed by atoms with E-state index in [1.165, 1.54) is 24.3 Å². The van der Waals surface area contributed by atoms with Crippen LogP contribution in [-0.2, 0) is 17.1 Å². The minimum atomic E-state index is -4.45. The Morgan fingerprint density at radius 3 is 1.17 bits per heavy atom. The summed E-state index contributed by atoms with van der Waals surface area (Å²) in [5.74, 6) is -1.00. The Labute approximate surface area is 170 Å². The van der Waals surface area contributed by atoms with E-state index >= 15 is 0 Å². The predicted molar refractivity (Wildman–Crippen MR) is 98.8 cm³/mol. The Kier molecular flexibility index (Phi) is 5.19. The molecule has 0 N–H and O–H groups in total. The SMILES string of the molecule is O=C(C(c1ccc(C(F)(F)F)cc1)C1CC1)C(c1ccc(C(F)(F)F)cc1)C1CC1. The van der Waals surface area contributed by atoms with Gasteiger partial charge in [-0.2, -0.15) is 26.3 Å². The lowest BCUT2D eigenvalue weighted by molar-refractivity contribution is -0.138. The molecule has 1 nitrogen and oxygen atoms in total. The third-order valence-corrected chi connectivity index (χ3v) is 5.99. The third-order valence-electron chi connectivity index (χ3n) is 5.99. The van der Waals surface area contributed by atoms with Gasteiger partial charge < -0.3 is 0 Å². The quantitative estimate of drug-likeness (QED) is 0.456. The lowest BCUT2D eigenvalue weighted by atomic mass is 9.78. The first kappa shape index (κ1) is 20.9. The number of benzene rings is 2. The number of hydrogen-bond donors (Lipinski definition) is 0. The zero-order valence-corrected chi connectivity index (χ0v) is 15.9. The van der Waals surface area contributed by atoms with Gasteiger partial charge in [-0.1, -0.05) is 24.3 Å². The fourth-order valence-corrected chi connectivity index (χ4v) is 4.15. The molecule has 7 heteroatoms. The standard InChI is InChI=1S/C23H20F6O/c24-22(25,26)17-9-5-15(6-10-17)19(13-1-2-13)21(30)20(14-3-4-14)16-7-11-18(12-8-16)23(27,28)29/h5-14,19-20H,1-4H2. The Morgan fingerprint density at radius 1 is 0.633 bits per heavy atom. The summed E-state index contributed by atoms with van der Waals surface area (Å²) in [5.41, 5.74) is -0.439. The molecule has 0 aromatic heterocycles. The highest BCUT2D eigenvalue weighted by molar-refractivity contribution is 5.93. The number of carbonyl (C=O) groups is 1. The largest absolute Gasteiger partial charge is 0.416 e. The van der Waals surface area contributed by atoms with Crippen LogP contribution in [-0.4, -0.2) is 5.78 Å². The van der Waals surface area contributed by atoms with Crippen LogP contribution < -0.4 is 0 Å². The van der Waals surface area contributed by atoms with E-state index in [0.29, 0.717) is 11.1 Å². The maximum absolute atomic E-state index is 13.5. The van der Waals surface area contributed by atoms with E-state index in [-0.39, 0.29) is 17.6 Å². The molecule has 0 saturated heterocycles. The van der Waals surface area contributed by atoms with E-state index in [9.17, 15) is 31.1 Å². The molecule has 2 aromatic carbocycles. The average molecular weight is 426 g/mol. The summed E-state index contributed by atoms with van der Waals surface area (Å²) in [6.45, 7) is 0. The van der Waals surface area contributed by atoms with Crippen molar-refractivity contribution in [3.63, 3.8) is 0 Å². The van der Waals surface area contributed by atoms with Crippen molar-refractivity contribution < 1.29 is 31.1 Å². The van der Waals surface area contributed by atoms with E-state index < -0.39 is 35.3 Å². The predicted octanol–water partition coefficient (Wildman–Crippen LogP) is 6.98. The third kappa shape index (κ3) is 4.40. The fourth-order valence-electron chi connectivity index (χ4n) is 4.15. The Bertz CT molecular complexity index is 827. The van der Waals surface area contributed by atoms with Gasteiger partial charge in [0, 0.05) is 11.8 Å². The second-order valence-electron chi connectivity index (χ2n) is 8.27. The van der Waals surface area contributed by atoms with Gasteiger partial charge in [0.2, 0.25) is 0 Å². The maximum Gasteiger partial charge on any atom is 0.416 e. The highest BCUT2D eigenvalue weighted by Crippen LogP contribution is 2.51. The van der Waals surface area contributed by atoms with E-state index in [0.717, 1.165) is 49.9 Å². The molecule has 0 spiro atoms. The molecule has 2 aliphatic rings. The van der Waals surface area contributed by atoms with E-state index in [1.54, 1.807) is 0 Å². The summed E-state index contributed by atoms with van der Waals surface area (Å²) in [6.07, 6.45) is -5.61. The van der Waals surface area contributed by atoms with Gasteiger partial charge in [0.05, 0.1) is 11.1 Å². The van der Waals surface area contributed by atoms with Crippen molar-refractivity contribution in [1.29, 1.82) is 0 Å². The number of rotatable bonds is 6. The number of hydrogen-bond acceptors (Lipinski definition) is 1. The fraction of sp³-hybridized carbons (Fsp3) is 0.435. The Morgan fingerprint density at radius 2 is 0.933 bits per heavy atom. The van der Waals surface area contributed by atoms with Gasteiger partial charge in [-0.15, -0.1) is 0 Å². The van der Waals surface area contributed by atoms with Crippen molar-refractivity contribution in [2.75, 3.05) is 0 Å². The lowest BCUT2D eigenvalue weighted by Gasteiger charge is -2.24. The summed E-state index contributed by atoms with van der Waals surface area (Å²) < 4.78 is 77.3. The van der Waals surface area contributed by atoms with Crippen molar-refractivity contribution in [3.05, 3.63) is 70.8 Å². The number of carbonyl (C=O) groups excluding carboxylic acids is 1. The first-order valence-corrected chi connectivity index (χ1v) is 9.94. The highest BCUT2D eigenvalue weighted by Gasteiger charge is 2.45. The number of ketones is 1. The maximum atomic E-state index is 13.5. The van der Waals surface area contributed by atoms with Gasteiger partial charge in [0.1, 0.15) is 5.78 Å². The van der Waals surface area contributed by atoms with Crippen LogP contribution in [0.15, 0.2) is 48.5 Å². The van der Waals surface area contributed by atoms with Crippen molar-refractivity contribution in [2.45, 2.75) is 49.9 Å². The van der Waals surface area contributed by atoms with Crippen molar-refractivity contribution >= 4 is 5.78 Å². The molecule has 2 atom stereocenters. The summed E-state index contributed by atoms with van der Waals surface area (Å²) in [6, 6.07) is 9.40. The average Bonchev–Trinajstić information content (AvgIpc) is 3.57. The van der Waals surface area contributed by atoms with Gasteiger partial charge >= 0.3 is 12.4 Å². The number of alkyl halides is 6. The van der Waals surface area contributed by atoms with Crippen molar-refractivity contribution in [2.24, 2.45) is 11.8 Å². The number of Topliss-reactive ketones (excluding diaryl/α,β-unsaturated/α-hetero) is 1. The zero-order chi connectivity index (χ0) is 21.7. The first-order chi connectivity index (χ1) is 14.1. The smallest absolute Gasteiger partial charge is 0.298 e. The minimum Gasteiger partial charge on any atom is -0.298 e. The molecule has 2 fully saturated rings. The molecule has 0 amide bonds. The van der Waals surface area contributed by atoms with E-state index in [2.05, 4.69) is 0 Å². The van der Waals surface area contributed by atoms with Gasteiger partial charge in [-0.3, -0.25) is 4.79 Å². The Hall–Kier alpha value is -2.31. The van der Waals surface area contributed by atoms with Crippen LogP contribution in [0.5, 0.6) is 0 Å². The molecule has 2 aliphatic carbocycles. The Balaban J connectivity index is 1.63. The van der Waals surface area contributed by atoms with E-state index in [4.69, 9.17) is 0 Å². The normalized spacial score (nSPS) is 19.4. The van der Waals surface area contributed by atoms with Crippen LogP contribution in [0, 0.1) is 11.8 Å². The molecule has 0 bridgehead atoms. The van der Waals surface area contributed by atoms with Gasteiger partial charge in [-0.25, -0.2) is 0 Å². The summed E-state index contributed by atoms with van der Waals surface area (Å²) in [7, 11) is 0. The molecule has 4 rings (SSSR count). The lowest BCUT2D eigenvalue weighted by Crippen LogP contribution is -2.24. The topological polar surface area (TPSA) is 17.1 Å². The highest BCUT2D eigenvalue weighted by atomic mass is 19.4. The molecule has 0 aliphatic heterocycles. The molecule has 2 saturated carbocycles. The molecular formula is C23H20F6O. The molecular weight excluding hydrogens is 406 g/mol. The van der Waals surface area contributed by atoms with Crippen LogP contribution in [0.25, 0.3) is 0 Å². The first-order valence-electron chi connectivity index (χ1n) is 9.94. The van der Waals surface area contributed by atoms with Crippen LogP contribution in [0.3, 0.4) is 0 Å². The van der Waals surface area contributed by atoms with Crippen LogP contribution in [0.2, 0.25) is 0 Å². The van der Waals surface area contributed by atoms with Gasteiger partial charge in [0.15, 0.2) is 0 Å². The molecule has 2 unspecified atom stereocenters. The summed E-state index contributed by atoms with van der Waals surface area (Å²) >= 11 is 0. The second-order valence-corrected chi connectivity index (χ2v) is 8.27. The van der Waals surface area contributed by atoms with Crippen LogP contribution >= 0.6 is 0 Å². The van der Waals surface area contributed by atoms with Crippen LogP contribution in [0.4, 0.5) is 26.3 Å². The van der Waals surface area contributed by atoms with Gasteiger partial charge in [0.25, 0.3) is 0 Å². The molecule has 2 aromatic rings. The van der Waals surface area contributed by atoms with Gasteiger partial charge in [-0.05, 0) is 72.9 Å². The zero-order valence-electron chi connectivity index (χ0n) is 15.9. The molecule has 0 radical (unpaired) electrons. The molecule has 0 heterocycles. The van der Waals surface area contributed by atoms with E-state index in [1.807, 2.05) is 0 Å². The molecule has 30 heavy (non-hydrogen) atoms. The van der Waals surface area contributed by atoms with Crippen molar-refractivity contribution in [3.8, 4) is 0 Å². The van der Waals surface area contributed by atoms with Crippen LogP contribution in [0.1, 0.15) is 59.8 Å². The summed E-state index contributed by atoms with van der Waals surface area (Å²) in [4.78, 5) is 13.5. The van der Waals surface area contributed by atoms with Crippen molar-refractivity contribution in [1.82, 2.24) is 0 Å². The number of halogens is 6. The molecule has 160 valence electrons. The minimum absolute atomic E-state index is 0.0740. The monoisotopic (exact) mass is 426 g/mol. The second kappa shape index (κ2) is 7.43. The summed E-state index contributed by atoms with van der Waals surface area (Å²) in [5, 5.41) is 0.